The number of nitrogens with zero attached hydrogens (tertiary/aromatic N) is 2. The highest BCUT2D eigenvalue weighted by Crippen LogP contribution is 2.35. The number of hydrogen-bond donors (Lipinski definition) is 1. The molecule has 3 aromatic rings. The second-order valence-corrected chi connectivity index (χ2v) is 6.14. The Labute approximate surface area is 171 Å². The van der Waals surface area contributed by atoms with Crippen molar-refractivity contribution in [2.75, 3.05) is 19.5 Å². The van der Waals surface area contributed by atoms with E-state index in [0.717, 1.165) is 0 Å². The summed E-state index contributed by atoms with van der Waals surface area (Å²) >= 11 is 5.96. The van der Waals surface area contributed by atoms with Gasteiger partial charge in [-0.1, -0.05) is 24.3 Å². The molecule has 7 nitrogen and oxygen atoms in total. The van der Waals surface area contributed by atoms with Crippen molar-refractivity contribution in [1.82, 2.24) is 9.97 Å². The van der Waals surface area contributed by atoms with Crippen LogP contribution >= 0.6 is 11.6 Å². The smallest absolute Gasteiger partial charge is 0.357 e. The van der Waals surface area contributed by atoms with Crippen LogP contribution in [0, 0.1) is 5.82 Å². The van der Waals surface area contributed by atoms with Gasteiger partial charge in [0.05, 0.1) is 37.6 Å². The van der Waals surface area contributed by atoms with Crippen molar-refractivity contribution in [3.63, 3.8) is 0 Å². The third-order valence-corrected chi connectivity index (χ3v) is 4.33. The van der Waals surface area contributed by atoms with E-state index in [1.807, 2.05) is 0 Å². The second-order valence-electron chi connectivity index (χ2n) is 5.73. The third-order valence-electron chi connectivity index (χ3n) is 4.03. The van der Waals surface area contributed by atoms with E-state index in [4.69, 9.17) is 25.5 Å². The molecule has 0 spiro atoms. The molecule has 2 aromatic heterocycles. The van der Waals surface area contributed by atoms with Crippen molar-refractivity contribution in [2.24, 2.45) is 0 Å². The fourth-order valence-electron chi connectivity index (χ4n) is 2.65. The number of esters is 1. The van der Waals surface area contributed by atoms with E-state index in [1.165, 1.54) is 38.7 Å². The number of methoxy groups -OCH3 is 2. The molecule has 29 heavy (non-hydrogen) atoms. The van der Waals surface area contributed by atoms with Crippen LogP contribution in [-0.2, 0) is 11.3 Å². The zero-order chi connectivity index (χ0) is 21.0. The molecule has 0 unspecified atom stereocenters. The molecule has 0 saturated carbocycles. The normalized spacial score (nSPS) is 10.5. The van der Waals surface area contributed by atoms with Gasteiger partial charge in [-0.05, 0) is 24.3 Å². The summed E-state index contributed by atoms with van der Waals surface area (Å²) in [6.07, 6.45) is 2.95. The molecular formula is C20H17ClFN3O4. The van der Waals surface area contributed by atoms with Crippen LogP contribution in [0.4, 0.5) is 10.2 Å². The summed E-state index contributed by atoms with van der Waals surface area (Å²) < 4.78 is 30.0. The maximum atomic E-state index is 14.9. The summed E-state index contributed by atoms with van der Waals surface area (Å²) in [6, 6.07) is 6.37. The van der Waals surface area contributed by atoms with Crippen molar-refractivity contribution < 1.29 is 23.1 Å². The first-order valence-electron chi connectivity index (χ1n) is 8.41. The average molecular weight is 418 g/mol. The molecule has 0 radical (unpaired) electrons. The quantitative estimate of drug-likeness (QED) is 0.563. The molecule has 0 bridgehead atoms. The van der Waals surface area contributed by atoms with E-state index in [9.17, 15) is 9.18 Å². The maximum absolute atomic E-state index is 14.9. The minimum Gasteiger partial charge on any atom is -0.492 e. The molecule has 3 rings (SSSR count). The van der Waals surface area contributed by atoms with Crippen molar-refractivity contribution >= 4 is 29.5 Å². The molecule has 2 heterocycles. The maximum Gasteiger partial charge on any atom is 0.357 e. The minimum absolute atomic E-state index is 0.00747. The van der Waals surface area contributed by atoms with E-state index in [-0.39, 0.29) is 40.2 Å². The lowest BCUT2D eigenvalue weighted by Gasteiger charge is -2.14. The fourth-order valence-corrected chi connectivity index (χ4v) is 2.87. The van der Waals surface area contributed by atoms with Crippen LogP contribution in [0.3, 0.4) is 0 Å². The van der Waals surface area contributed by atoms with Gasteiger partial charge in [0, 0.05) is 5.56 Å². The van der Waals surface area contributed by atoms with E-state index >= 15 is 0 Å². The van der Waals surface area contributed by atoms with Gasteiger partial charge in [-0.2, -0.15) is 0 Å². The van der Waals surface area contributed by atoms with E-state index in [0.29, 0.717) is 11.3 Å². The molecule has 0 amide bonds. The van der Waals surface area contributed by atoms with Crippen LogP contribution in [0.1, 0.15) is 21.8 Å². The Morgan fingerprint density at radius 3 is 2.76 bits per heavy atom. The highest BCUT2D eigenvalue weighted by molar-refractivity contribution is 6.32. The molecule has 0 aliphatic rings. The predicted molar refractivity (Wildman–Crippen MR) is 106 cm³/mol. The highest BCUT2D eigenvalue weighted by atomic mass is 35.5. The number of ether oxygens (including phenoxy) is 2. The summed E-state index contributed by atoms with van der Waals surface area (Å²) in [4.78, 5) is 20.8. The lowest BCUT2D eigenvalue weighted by Crippen LogP contribution is -2.13. The summed E-state index contributed by atoms with van der Waals surface area (Å²) in [5.74, 6) is -0.768. The van der Waals surface area contributed by atoms with Gasteiger partial charge in [-0.3, -0.25) is 0 Å². The van der Waals surface area contributed by atoms with E-state index in [1.54, 1.807) is 12.1 Å². The molecular weight excluding hydrogens is 401 g/mol. The van der Waals surface area contributed by atoms with Crippen LogP contribution in [0.25, 0.3) is 17.5 Å². The largest absolute Gasteiger partial charge is 0.492 e. The van der Waals surface area contributed by atoms with E-state index in [2.05, 4.69) is 21.9 Å². The Bertz CT molecular complexity index is 1050. The molecule has 0 atom stereocenters. The van der Waals surface area contributed by atoms with Crippen molar-refractivity contribution in [3.05, 3.63) is 65.0 Å². The SMILES string of the molecule is C=Cc1c(NCc2ccco2)nc(-c2ccc(Cl)c(OC)c2F)nc1C(=O)OC. The molecule has 1 N–H and O–H groups in total. The summed E-state index contributed by atoms with van der Waals surface area (Å²) in [5.41, 5.74) is 0.254. The van der Waals surface area contributed by atoms with Gasteiger partial charge in [0.15, 0.2) is 23.1 Å². The minimum atomic E-state index is -0.751. The average Bonchev–Trinajstić information content (AvgIpc) is 3.25. The molecule has 150 valence electrons. The lowest BCUT2D eigenvalue weighted by molar-refractivity contribution is 0.0593. The van der Waals surface area contributed by atoms with Crippen LogP contribution in [0.5, 0.6) is 5.75 Å². The van der Waals surface area contributed by atoms with Gasteiger partial charge in [0.25, 0.3) is 0 Å². The summed E-state index contributed by atoms with van der Waals surface area (Å²) in [5, 5.41) is 3.15. The Kier molecular flexibility index (Phi) is 6.13. The summed E-state index contributed by atoms with van der Waals surface area (Å²) in [7, 11) is 2.52. The molecule has 0 aliphatic carbocycles. The first-order valence-corrected chi connectivity index (χ1v) is 8.79. The first kappa shape index (κ1) is 20.3. The number of carbonyl (C=O) groups excluding carboxylic acids is 1. The Morgan fingerprint density at radius 1 is 1.34 bits per heavy atom. The van der Waals surface area contributed by atoms with Crippen molar-refractivity contribution in [1.29, 1.82) is 0 Å². The number of hydrogen-bond acceptors (Lipinski definition) is 7. The Morgan fingerprint density at radius 2 is 2.14 bits per heavy atom. The number of rotatable bonds is 7. The Balaban J connectivity index is 2.16. The van der Waals surface area contributed by atoms with Gasteiger partial charge < -0.3 is 19.2 Å². The molecule has 0 saturated heterocycles. The van der Waals surface area contributed by atoms with Gasteiger partial charge in [0.1, 0.15) is 11.6 Å². The molecule has 1 aromatic carbocycles. The molecule has 0 fully saturated rings. The molecule has 9 heteroatoms. The van der Waals surface area contributed by atoms with Gasteiger partial charge in [-0.15, -0.1) is 0 Å². The van der Waals surface area contributed by atoms with Crippen molar-refractivity contribution in [3.8, 4) is 17.1 Å². The first-order chi connectivity index (χ1) is 14.0. The topological polar surface area (TPSA) is 86.5 Å². The number of nitrogens with one attached hydrogen (secondary N) is 1. The zero-order valence-electron chi connectivity index (χ0n) is 15.7. The molecule has 0 aliphatic heterocycles. The summed E-state index contributed by atoms with van der Waals surface area (Å²) in [6.45, 7) is 3.99. The monoisotopic (exact) mass is 417 g/mol. The fraction of sp³-hybridized carbons (Fsp3) is 0.150. The van der Waals surface area contributed by atoms with E-state index < -0.39 is 11.8 Å². The highest BCUT2D eigenvalue weighted by Gasteiger charge is 2.23. The van der Waals surface area contributed by atoms with Crippen LogP contribution in [0.2, 0.25) is 5.02 Å². The second kappa shape index (κ2) is 8.74. The van der Waals surface area contributed by atoms with Crippen molar-refractivity contribution in [2.45, 2.75) is 6.54 Å². The Hall–Kier alpha value is -3.39. The third kappa shape index (κ3) is 4.07. The van der Waals surface area contributed by atoms with Gasteiger partial charge >= 0.3 is 5.97 Å². The zero-order valence-corrected chi connectivity index (χ0v) is 16.4. The van der Waals surface area contributed by atoms with Gasteiger partial charge in [-0.25, -0.2) is 19.2 Å². The standard InChI is InChI=1S/C20H17ClFN3O4/c1-4-12-16(20(26)28-3)24-19(13-7-8-14(21)17(27-2)15(13)22)25-18(12)23-10-11-6-5-9-29-11/h4-9H,1,10H2,2-3H3,(H,23,24,25). The van der Waals surface area contributed by atoms with Gasteiger partial charge in [0.2, 0.25) is 0 Å². The number of halogens is 2. The number of benzene rings is 1. The van der Waals surface area contributed by atoms with Crippen LogP contribution in [0.15, 0.2) is 41.5 Å². The number of carbonyl (C=O) groups is 1. The number of furan rings is 1. The van der Waals surface area contributed by atoms with Crippen LogP contribution in [-0.4, -0.2) is 30.2 Å². The number of anilines is 1. The lowest BCUT2D eigenvalue weighted by atomic mass is 10.1. The van der Waals surface area contributed by atoms with Crippen LogP contribution < -0.4 is 10.1 Å². The predicted octanol–water partition coefficient (Wildman–Crippen LogP) is 4.58. The number of aromatic nitrogens is 2.